The van der Waals surface area contributed by atoms with Crippen molar-refractivity contribution in [3.63, 3.8) is 0 Å². The van der Waals surface area contributed by atoms with Crippen molar-refractivity contribution < 1.29 is 4.79 Å². The number of rotatable bonds is 1. The molecule has 0 saturated carbocycles. The van der Waals surface area contributed by atoms with Gasteiger partial charge in [-0.3, -0.25) is 9.78 Å². The lowest BCUT2D eigenvalue weighted by molar-refractivity contribution is 0.0781. The van der Waals surface area contributed by atoms with E-state index in [9.17, 15) is 4.79 Å². The Morgan fingerprint density at radius 2 is 2.00 bits per heavy atom. The lowest BCUT2D eigenvalue weighted by Crippen LogP contribution is -2.25. The predicted molar refractivity (Wildman–Crippen MR) is 93.5 cm³/mol. The van der Waals surface area contributed by atoms with Gasteiger partial charge < -0.3 is 13.9 Å². The normalized spacial score (nSPS) is 13.6. The molecule has 0 bridgehead atoms. The van der Waals surface area contributed by atoms with Crippen LogP contribution in [0.3, 0.4) is 0 Å². The van der Waals surface area contributed by atoms with E-state index in [1.807, 2.05) is 58.0 Å². The predicted octanol–water partition coefficient (Wildman–Crippen LogP) is 2.77. The van der Waals surface area contributed by atoms with Crippen molar-refractivity contribution in [2.45, 2.75) is 6.54 Å². The van der Waals surface area contributed by atoms with E-state index in [0.29, 0.717) is 12.2 Å². The number of amides is 1. The first-order valence-electron chi connectivity index (χ1n) is 8.06. The Hall–Kier alpha value is -3.41. The maximum atomic E-state index is 12.5. The Morgan fingerprint density at radius 3 is 2.92 bits per heavy atom. The molecule has 5 rings (SSSR count). The molecule has 1 aliphatic heterocycles. The van der Waals surface area contributed by atoms with Crippen LogP contribution in [-0.4, -0.2) is 36.8 Å². The molecule has 4 aromatic rings. The largest absolute Gasteiger partial charge is 0.334 e. The molecule has 1 aliphatic rings. The van der Waals surface area contributed by atoms with Crippen LogP contribution >= 0.6 is 0 Å². The fraction of sp³-hybridized carbons (Fsp3) is 0.105. The maximum Gasteiger partial charge on any atom is 0.270 e. The van der Waals surface area contributed by atoms with Crippen LogP contribution in [0.2, 0.25) is 0 Å². The van der Waals surface area contributed by atoms with Gasteiger partial charge in [-0.2, -0.15) is 0 Å². The quantitative estimate of drug-likeness (QED) is 0.539. The van der Waals surface area contributed by atoms with Crippen molar-refractivity contribution in [2.24, 2.45) is 0 Å². The van der Waals surface area contributed by atoms with Gasteiger partial charge in [0, 0.05) is 49.2 Å². The molecule has 5 heterocycles. The summed E-state index contributed by atoms with van der Waals surface area (Å²) in [6, 6.07) is 9.85. The standard InChI is InChI=1S/C19H15N5O/c1-22-12-15-17(24-7-2-3-16(24)19(22)25)9-14(10-21-15)13-4-5-18-20-6-8-23(18)11-13/h2-11H,12H2,1H3. The van der Waals surface area contributed by atoms with E-state index in [4.69, 9.17) is 0 Å². The Kier molecular flexibility index (Phi) is 2.82. The second kappa shape index (κ2) is 5.04. The number of pyridine rings is 2. The average Bonchev–Trinajstić information content (AvgIpc) is 3.28. The zero-order chi connectivity index (χ0) is 17.0. The number of nitrogens with zero attached hydrogens (tertiary/aromatic N) is 5. The minimum Gasteiger partial charge on any atom is -0.334 e. The molecule has 25 heavy (non-hydrogen) atoms. The van der Waals surface area contributed by atoms with Crippen LogP contribution in [-0.2, 0) is 6.54 Å². The van der Waals surface area contributed by atoms with Crippen LogP contribution in [0.1, 0.15) is 16.2 Å². The molecule has 0 saturated heterocycles. The monoisotopic (exact) mass is 329 g/mol. The van der Waals surface area contributed by atoms with Gasteiger partial charge in [0.05, 0.1) is 17.9 Å². The lowest BCUT2D eigenvalue weighted by Gasteiger charge is -2.13. The summed E-state index contributed by atoms with van der Waals surface area (Å²) in [4.78, 5) is 23.1. The van der Waals surface area contributed by atoms with Crippen LogP contribution in [0.15, 0.2) is 61.3 Å². The lowest BCUT2D eigenvalue weighted by atomic mass is 10.1. The summed E-state index contributed by atoms with van der Waals surface area (Å²) < 4.78 is 3.91. The van der Waals surface area contributed by atoms with Crippen molar-refractivity contribution in [1.82, 2.24) is 23.8 Å². The van der Waals surface area contributed by atoms with Crippen molar-refractivity contribution in [3.8, 4) is 16.8 Å². The van der Waals surface area contributed by atoms with E-state index in [1.54, 1.807) is 18.1 Å². The average molecular weight is 329 g/mol. The molecule has 0 spiro atoms. The summed E-state index contributed by atoms with van der Waals surface area (Å²) in [6.45, 7) is 0.497. The fourth-order valence-electron chi connectivity index (χ4n) is 3.32. The number of carbonyl (C=O) groups excluding carboxylic acids is 1. The topological polar surface area (TPSA) is 55.4 Å². The van der Waals surface area contributed by atoms with Crippen LogP contribution in [0, 0.1) is 0 Å². The summed E-state index contributed by atoms with van der Waals surface area (Å²) in [6.07, 6.45) is 9.52. The molecular weight excluding hydrogens is 314 g/mol. The SMILES string of the molecule is CN1Cc2ncc(-c3ccc4nccn4c3)cc2-n2cccc2C1=O. The number of imidazole rings is 1. The third-order valence-corrected chi connectivity index (χ3v) is 4.63. The smallest absolute Gasteiger partial charge is 0.270 e. The minimum absolute atomic E-state index is 0.00406. The molecule has 0 unspecified atom stereocenters. The fourth-order valence-corrected chi connectivity index (χ4v) is 3.32. The molecule has 0 aromatic carbocycles. The Labute approximate surface area is 144 Å². The van der Waals surface area contributed by atoms with Gasteiger partial charge in [0.2, 0.25) is 0 Å². The molecule has 0 fully saturated rings. The van der Waals surface area contributed by atoms with Gasteiger partial charge in [0.15, 0.2) is 0 Å². The molecule has 1 amide bonds. The van der Waals surface area contributed by atoms with Gasteiger partial charge in [-0.15, -0.1) is 0 Å². The van der Waals surface area contributed by atoms with E-state index >= 15 is 0 Å². The number of carbonyl (C=O) groups is 1. The van der Waals surface area contributed by atoms with Crippen LogP contribution in [0.5, 0.6) is 0 Å². The number of hydrogen-bond donors (Lipinski definition) is 0. The van der Waals surface area contributed by atoms with Crippen molar-refractivity contribution >= 4 is 11.6 Å². The highest BCUT2D eigenvalue weighted by atomic mass is 16.2. The van der Waals surface area contributed by atoms with Gasteiger partial charge in [0.25, 0.3) is 5.91 Å². The molecule has 4 aromatic heterocycles. The third-order valence-electron chi connectivity index (χ3n) is 4.63. The Morgan fingerprint density at radius 1 is 1.08 bits per heavy atom. The summed E-state index contributed by atoms with van der Waals surface area (Å²) in [5.41, 5.74) is 5.46. The molecule has 6 nitrogen and oxygen atoms in total. The Bertz CT molecular complexity index is 1120. The van der Waals surface area contributed by atoms with Gasteiger partial charge in [-0.25, -0.2) is 4.98 Å². The van der Waals surface area contributed by atoms with Gasteiger partial charge >= 0.3 is 0 Å². The van der Waals surface area contributed by atoms with Crippen LogP contribution in [0.25, 0.3) is 22.5 Å². The number of fused-ring (bicyclic) bond motifs is 4. The maximum absolute atomic E-state index is 12.5. The summed E-state index contributed by atoms with van der Waals surface area (Å²) in [5.74, 6) is 0.00406. The molecule has 122 valence electrons. The van der Waals surface area contributed by atoms with E-state index in [-0.39, 0.29) is 5.91 Å². The van der Waals surface area contributed by atoms with Crippen molar-refractivity contribution in [1.29, 1.82) is 0 Å². The molecule has 0 aliphatic carbocycles. The number of hydrogen-bond acceptors (Lipinski definition) is 3. The first-order valence-corrected chi connectivity index (χ1v) is 8.06. The zero-order valence-corrected chi connectivity index (χ0v) is 13.6. The van der Waals surface area contributed by atoms with Crippen molar-refractivity contribution in [3.05, 3.63) is 72.7 Å². The van der Waals surface area contributed by atoms with E-state index in [1.165, 1.54) is 0 Å². The van der Waals surface area contributed by atoms with Gasteiger partial charge in [0.1, 0.15) is 11.3 Å². The summed E-state index contributed by atoms with van der Waals surface area (Å²) >= 11 is 0. The molecular formula is C19H15N5O. The Balaban J connectivity index is 1.70. The second-order valence-electron chi connectivity index (χ2n) is 6.22. The third kappa shape index (κ3) is 2.07. The van der Waals surface area contributed by atoms with Gasteiger partial charge in [-0.1, -0.05) is 0 Å². The van der Waals surface area contributed by atoms with Gasteiger partial charge in [-0.05, 0) is 30.3 Å². The zero-order valence-electron chi connectivity index (χ0n) is 13.6. The van der Waals surface area contributed by atoms with Crippen LogP contribution in [0.4, 0.5) is 0 Å². The summed E-state index contributed by atoms with van der Waals surface area (Å²) in [5, 5.41) is 0. The molecule has 0 atom stereocenters. The van der Waals surface area contributed by atoms with E-state index < -0.39 is 0 Å². The number of aromatic nitrogens is 4. The highest BCUT2D eigenvalue weighted by molar-refractivity contribution is 5.94. The van der Waals surface area contributed by atoms with E-state index in [2.05, 4.69) is 16.0 Å². The van der Waals surface area contributed by atoms with Crippen LogP contribution < -0.4 is 0 Å². The first kappa shape index (κ1) is 14.0. The second-order valence-corrected chi connectivity index (χ2v) is 6.22. The van der Waals surface area contributed by atoms with E-state index in [0.717, 1.165) is 28.2 Å². The highest BCUT2D eigenvalue weighted by Crippen LogP contribution is 2.28. The minimum atomic E-state index is 0.00406. The highest BCUT2D eigenvalue weighted by Gasteiger charge is 2.24. The van der Waals surface area contributed by atoms with Crippen molar-refractivity contribution in [2.75, 3.05) is 7.05 Å². The molecule has 6 heteroatoms. The molecule has 0 radical (unpaired) electrons. The molecule has 0 N–H and O–H groups in total. The first-order chi connectivity index (χ1) is 12.2. The summed E-state index contributed by atoms with van der Waals surface area (Å²) in [7, 11) is 1.80.